The Hall–Kier alpha value is -1.58. The number of carbonyl (C=O) groups is 1. The van der Waals surface area contributed by atoms with Gasteiger partial charge in [-0.1, -0.05) is 0 Å². The molecule has 0 spiro atoms. The maximum Gasteiger partial charge on any atom is 0.310 e. The Bertz CT molecular complexity index is 542. The number of halogens is 1. The molecule has 1 atom stereocenters. The quantitative estimate of drug-likeness (QED) is 0.229. The van der Waals surface area contributed by atoms with E-state index in [0.29, 0.717) is 26.3 Å². The Kier molecular flexibility index (Phi) is 10.2. The molecule has 7 nitrogen and oxygen atoms in total. The number of rotatable bonds is 6. The highest BCUT2D eigenvalue weighted by Gasteiger charge is 2.28. The van der Waals surface area contributed by atoms with Gasteiger partial charge in [0.25, 0.3) is 0 Å². The Morgan fingerprint density at radius 2 is 2.36 bits per heavy atom. The van der Waals surface area contributed by atoms with Crippen LogP contribution >= 0.6 is 24.0 Å². The molecule has 140 valence electrons. The number of ether oxygens (including phenoxy) is 2. The molecule has 1 aliphatic heterocycles. The fourth-order valence-electron chi connectivity index (χ4n) is 2.72. The molecule has 25 heavy (non-hydrogen) atoms. The fraction of sp³-hybridized carbons (Fsp3) is 0.588. The van der Waals surface area contributed by atoms with E-state index in [2.05, 4.69) is 20.2 Å². The van der Waals surface area contributed by atoms with Crippen molar-refractivity contribution < 1.29 is 14.3 Å². The second kappa shape index (κ2) is 11.9. The zero-order valence-electron chi connectivity index (χ0n) is 14.8. The first-order chi connectivity index (χ1) is 11.7. The van der Waals surface area contributed by atoms with Crippen LogP contribution in [0.15, 0.2) is 29.5 Å². The van der Waals surface area contributed by atoms with Crippen molar-refractivity contribution in [1.29, 1.82) is 0 Å². The summed E-state index contributed by atoms with van der Waals surface area (Å²) in [5, 5.41) is 3.28. The van der Waals surface area contributed by atoms with Crippen molar-refractivity contribution in [1.82, 2.24) is 15.2 Å². The van der Waals surface area contributed by atoms with Crippen LogP contribution in [-0.2, 0) is 9.53 Å². The van der Waals surface area contributed by atoms with E-state index in [9.17, 15) is 4.79 Å². The van der Waals surface area contributed by atoms with Gasteiger partial charge in [0.15, 0.2) is 5.96 Å². The molecule has 0 bridgehead atoms. The topological polar surface area (TPSA) is 76.0 Å². The van der Waals surface area contributed by atoms with Crippen molar-refractivity contribution in [2.24, 2.45) is 10.9 Å². The summed E-state index contributed by atoms with van der Waals surface area (Å²) in [5.74, 6) is 1.34. The Morgan fingerprint density at radius 3 is 3.04 bits per heavy atom. The van der Waals surface area contributed by atoms with Crippen LogP contribution in [0, 0.1) is 5.92 Å². The van der Waals surface area contributed by atoms with Gasteiger partial charge in [0.05, 0.1) is 25.3 Å². The van der Waals surface area contributed by atoms with Crippen LogP contribution in [0.25, 0.3) is 0 Å². The van der Waals surface area contributed by atoms with Crippen LogP contribution in [-0.4, -0.2) is 61.7 Å². The highest BCUT2D eigenvalue weighted by molar-refractivity contribution is 14.0. The summed E-state index contributed by atoms with van der Waals surface area (Å²) in [7, 11) is 1.75. The zero-order chi connectivity index (χ0) is 17.2. The van der Waals surface area contributed by atoms with Gasteiger partial charge in [-0.2, -0.15) is 0 Å². The van der Waals surface area contributed by atoms with E-state index in [1.165, 1.54) is 0 Å². The predicted octanol–water partition coefficient (Wildman–Crippen LogP) is 1.93. The molecule has 0 aromatic carbocycles. The monoisotopic (exact) mass is 462 g/mol. The first-order valence-electron chi connectivity index (χ1n) is 8.39. The molecule has 0 amide bonds. The second-order valence-electron chi connectivity index (χ2n) is 5.55. The van der Waals surface area contributed by atoms with Gasteiger partial charge in [-0.25, -0.2) is 0 Å². The van der Waals surface area contributed by atoms with Crippen LogP contribution in [0.3, 0.4) is 0 Å². The number of guanidine groups is 1. The second-order valence-corrected chi connectivity index (χ2v) is 5.55. The fourth-order valence-corrected chi connectivity index (χ4v) is 2.72. The van der Waals surface area contributed by atoms with E-state index in [-0.39, 0.29) is 35.9 Å². The molecule has 2 heterocycles. The van der Waals surface area contributed by atoms with E-state index < -0.39 is 0 Å². The average molecular weight is 462 g/mol. The van der Waals surface area contributed by atoms with Crippen molar-refractivity contribution in [3.05, 3.63) is 24.5 Å². The Labute approximate surface area is 166 Å². The summed E-state index contributed by atoms with van der Waals surface area (Å²) in [5.41, 5.74) is 0. The molecule has 2 rings (SSSR count). The summed E-state index contributed by atoms with van der Waals surface area (Å²) < 4.78 is 10.7. The van der Waals surface area contributed by atoms with Gasteiger partial charge in [-0.05, 0) is 31.9 Å². The highest BCUT2D eigenvalue weighted by Crippen LogP contribution is 2.18. The van der Waals surface area contributed by atoms with E-state index in [1.54, 1.807) is 19.4 Å². The van der Waals surface area contributed by atoms with E-state index in [4.69, 9.17) is 9.47 Å². The number of nitrogens with one attached hydrogen (secondary N) is 1. The van der Waals surface area contributed by atoms with Gasteiger partial charge in [-0.3, -0.25) is 14.8 Å². The number of hydrogen-bond acceptors (Lipinski definition) is 5. The minimum Gasteiger partial charge on any atom is -0.490 e. The lowest BCUT2D eigenvalue weighted by atomic mass is 9.98. The standard InChI is InChI=1S/C17H26N4O3.HI/c1-3-23-16(22)14-6-5-10-21(13-14)17(18-2)20-9-11-24-15-7-4-8-19-12-15;/h4,7-8,12,14H,3,5-6,9-11,13H2,1-2H3,(H,18,20);1H. The lowest BCUT2D eigenvalue weighted by Crippen LogP contribution is -2.49. The lowest BCUT2D eigenvalue weighted by Gasteiger charge is -2.33. The largest absolute Gasteiger partial charge is 0.490 e. The zero-order valence-corrected chi connectivity index (χ0v) is 17.1. The van der Waals surface area contributed by atoms with E-state index in [0.717, 1.165) is 31.1 Å². The van der Waals surface area contributed by atoms with Crippen LogP contribution in [0.5, 0.6) is 5.75 Å². The molecule has 1 aliphatic rings. The van der Waals surface area contributed by atoms with E-state index in [1.807, 2.05) is 19.1 Å². The van der Waals surface area contributed by atoms with Crippen molar-refractivity contribution >= 4 is 35.9 Å². The van der Waals surface area contributed by atoms with E-state index >= 15 is 0 Å². The van der Waals surface area contributed by atoms with Gasteiger partial charge in [0.1, 0.15) is 12.4 Å². The lowest BCUT2D eigenvalue weighted by molar-refractivity contribution is -0.149. The smallest absolute Gasteiger partial charge is 0.310 e. The number of aromatic nitrogens is 1. The number of piperidine rings is 1. The summed E-state index contributed by atoms with van der Waals surface area (Å²) in [6.07, 6.45) is 5.22. The molecule has 1 fully saturated rings. The van der Waals surface area contributed by atoms with Crippen molar-refractivity contribution in [2.75, 3.05) is 39.9 Å². The molecule has 0 saturated carbocycles. The first kappa shape index (κ1) is 21.5. The number of hydrogen-bond donors (Lipinski definition) is 1. The summed E-state index contributed by atoms with van der Waals surface area (Å²) in [6, 6.07) is 3.71. The van der Waals surface area contributed by atoms with Crippen molar-refractivity contribution in [3.63, 3.8) is 0 Å². The summed E-state index contributed by atoms with van der Waals surface area (Å²) in [6.45, 7) is 4.93. The molecule has 0 radical (unpaired) electrons. The molecule has 1 aromatic heterocycles. The third kappa shape index (κ3) is 7.05. The van der Waals surface area contributed by atoms with Gasteiger partial charge in [-0.15, -0.1) is 24.0 Å². The molecule has 1 N–H and O–H groups in total. The van der Waals surface area contributed by atoms with Gasteiger partial charge in [0.2, 0.25) is 0 Å². The predicted molar refractivity (Wildman–Crippen MR) is 107 cm³/mol. The van der Waals surface area contributed by atoms with Gasteiger partial charge in [0, 0.05) is 26.3 Å². The van der Waals surface area contributed by atoms with Crippen LogP contribution in [0.4, 0.5) is 0 Å². The molecule has 1 unspecified atom stereocenters. The number of likely N-dealkylation sites (tertiary alicyclic amines) is 1. The van der Waals surface area contributed by atoms with Crippen molar-refractivity contribution in [2.45, 2.75) is 19.8 Å². The Balaban J connectivity index is 0.00000312. The highest BCUT2D eigenvalue weighted by atomic mass is 127. The molecular formula is C17H27IN4O3. The average Bonchev–Trinajstić information content (AvgIpc) is 2.63. The normalized spacial score (nSPS) is 17.4. The van der Waals surface area contributed by atoms with Crippen LogP contribution in [0.1, 0.15) is 19.8 Å². The first-order valence-corrected chi connectivity index (χ1v) is 8.39. The molecule has 1 saturated heterocycles. The maximum absolute atomic E-state index is 11.9. The minimum atomic E-state index is -0.113. The molecule has 0 aliphatic carbocycles. The number of aliphatic imine (C=N–C) groups is 1. The molecule has 1 aromatic rings. The third-order valence-corrected chi connectivity index (χ3v) is 3.84. The molecule has 8 heteroatoms. The van der Waals surface area contributed by atoms with Crippen LogP contribution in [0.2, 0.25) is 0 Å². The number of esters is 1. The molecular weight excluding hydrogens is 435 g/mol. The van der Waals surface area contributed by atoms with Crippen LogP contribution < -0.4 is 10.1 Å². The van der Waals surface area contributed by atoms with Gasteiger partial charge < -0.3 is 19.7 Å². The van der Waals surface area contributed by atoms with Crippen molar-refractivity contribution in [3.8, 4) is 5.75 Å². The number of pyridine rings is 1. The number of carbonyl (C=O) groups excluding carboxylic acids is 1. The SMILES string of the molecule is CCOC(=O)C1CCCN(C(=NC)NCCOc2cccnc2)C1.I. The summed E-state index contributed by atoms with van der Waals surface area (Å²) in [4.78, 5) is 22.4. The third-order valence-electron chi connectivity index (χ3n) is 3.84. The number of nitrogens with zero attached hydrogens (tertiary/aromatic N) is 3. The minimum absolute atomic E-state index is 0. The summed E-state index contributed by atoms with van der Waals surface area (Å²) >= 11 is 0. The maximum atomic E-state index is 11.9. The Morgan fingerprint density at radius 1 is 1.52 bits per heavy atom. The van der Waals surface area contributed by atoms with Gasteiger partial charge >= 0.3 is 5.97 Å².